The number of amides is 2. The number of ether oxygens (including phenoxy) is 2. The van der Waals surface area contributed by atoms with Crippen LogP contribution in [0.1, 0.15) is 43.9 Å². The molecule has 2 aliphatic heterocycles. The van der Waals surface area contributed by atoms with Crippen molar-refractivity contribution >= 4 is 29.4 Å². The molecule has 1 saturated carbocycles. The molecule has 1 spiro atoms. The van der Waals surface area contributed by atoms with Gasteiger partial charge in [-0.05, 0) is 49.9 Å². The fraction of sp³-hybridized carbons (Fsp3) is 0.423. The number of nitrogens with zero attached hydrogens (tertiary/aromatic N) is 1. The zero-order valence-electron chi connectivity index (χ0n) is 19.3. The van der Waals surface area contributed by atoms with Crippen LogP contribution in [0.4, 0.5) is 0 Å². The highest BCUT2D eigenvalue weighted by Crippen LogP contribution is 2.63. The smallest absolute Gasteiger partial charge is 0.315 e. The molecular weight excluding hydrogens is 456 g/mol. The summed E-state index contributed by atoms with van der Waals surface area (Å²) in [4.78, 5) is 41.4. The number of benzene rings is 2. The second-order valence-electron chi connectivity index (χ2n) is 9.65. The molecule has 2 aromatic rings. The Balaban J connectivity index is 1.51. The minimum atomic E-state index is -0.769. The number of methoxy groups -OCH3 is 1. The molecule has 0 aromatic heterocycles. The van der Waals surface area contributed by atoms with E-state index in [-0.39, 0.29) is 42.1 Å². The van der Waals surface area contributed by atoms with Gasteiger partial charge in [-0.15, -0.1) is 0 Å². The van der Waals surface area contributed by atoms with Crippen LogP contribution in [0.25, 0.3) is 0 Å². The van der Waals surface area contributed by atoms with Crippen molar-refractivity contribution in [2.24, 2.45) is 11.8 Å². The molecular formula is C26H27ClN2O5. The summed E-state index contributed by atoms with van der Waals surface area (Å²) in [5.74, 6) is 0.0411. The third kappa shape index (κ3) is 3.45. The first-order valence-electron chi connectivity index (χ1n) is 11.5. The summed E-state index contributed by atoms with van der Waals surface area (Å²) < 4.78 is 10.9. The molecule has 0 unspecified atom stereocenters. The Bertz CT molecular complexity index is 1160. The van der Waals surface area contributed by atoms with E-state index < -0.39 is 11.5 Å². The summed E-state index contributed by atoms with van der Waals surface area (Å²) in [6.45, 7) is 4.16. The molecule has 4 atom stereocenters. The lowest BCUT2D eigenvalue weighted by Gasteiger charge is -2.61. The molecule has 3 aliphatic rings. The molecule has 1 aliphatic carbocycles. The van der Waals surface area contributed by atoms with E-state index >= 15 is 0 Å². The molecule has 178 valence electrons. The summed E-state index contributed by atoms with van der Waals surface area (Å²) in [7, 11) is 1.56. The van der Waals surface area contributed by atoms with E-state index in [1.54, 1.807) is 42.3 Å². The van der Waals surface area contributed by atoms with E-state index in [4.69, 9.17) is 21.1 Å². The summed E-state index contributed by atoms with van der Waals surface area (Å²) >= 11 is 6.07. The molecule has 7 nitrogen and oxygen atoms in total. The highest BCUT2D eigenvalue weighted by Gasteiger charge is 2.66. The van der Waals surface area contributed by atoms with Crippen molar-refractivity contribution in [3.63, 3.8) is 0 Å². The standard InChI is InChI=1S/C26H27ClN2O5/c1-14(2)28-24(31)23(15-4-6-17(27)7-5-15)29-13-16-10-20-25(32)34-21-11-18(33-3)8-9-19(21)26(16,20)12-22(29)30/h4-9,11,14,16,20,23H,10,12-13H2,1-3H3,(H,28,31)/t16-,20-,23-,26+/m1/s1. The van der Waals surface area contributed by atoms with Crippen LogP contribution in [0.3, 0.4) is 0 Å². The van der Waals surface area contributed by atoms with E-state index in [9.17, 15) is 14.4 Å². The van der Waals surface area contributed by atoms with Crippen LogP contribution in [0.5, 0.6) is 11.5 Å². The molecule has 5 rings (SSSR count). The Hall–Kier alpha value is -3.06. The number of hydrogen-bond donors (Lipinski definition) is 1. The maximum absolute atomic E-state index is 13.7. The number of hydrogen-bond acceptors (Lipinski definition) is 5. The van der Waals surface area contributed by atoms with Crippen molar-refractivity contribution in [2.45, 2.75) is 44.2 Å². The maximum atomic E-state index is 13.7. The summed E-state index contributed by atoms with van der Waals surface area (Å²) in [6, 6.07) is 11.6. The van der Waals surface area contributed by atoms with Gasteiger partial charge >= 0.3 is 5.97 Å². The lowest BCUT2D eigenvalue weighted by Crippen LogP contribution is -2.67. The fourth-order valence-corrected chi connectivity index (χ4v) is 5.97. The fourth-order valence-electron chi connectivity index (χ4n) is 5.84. The van der Waals surface area contributed by atoms with Gasteiger partial charge in [0.2, 0.25) is 11.8 Å². The second kappa shape index (κ2) is 8.31. The van der Waals surface area contributed by atoms with Crippen LogP contribution in [-0.2, 0) is 19.8 Å². The zero-order chi connectivity index (χ0) is 24.2. The van der Waals surface area contributed by atoms with E-state index in [1.165, 1.54) is 0 Å². The van der Waals surface area contributed by atoms with Crippen LogP contribution in [0, 0.1) is 11.8 Å². The van der Waals surface area contributed by atoms with Gasteiger partial charge in [-0.1, -0.05) is 29.8 Å². The van der Waals surface area contributed by atoms with Crippen molar-refractivity contribution in [1.82, 2.24) is 10.2 Å². The molecule has 2 aromatic carbocycles. The molecule has 2 amide bonds. The first-order valence-corrected chi connectivity index (χ1v) is 11.9. The molecule has 2 heterocycles. The first kappa shape index (κ1) is 22.7. The number of esters is 1. The normalized spacial score (nSPS) is 26.0. The predicted octanol–water partition coefficient (Wildman–Crippen LogP) is 3.64. The summed E-state index contributed by atoms with van der Waals surface area (Å²) in [6.07, 6.45) is 0.767. The number of likely N-dealkylation sites (tertiary alicyclic amines) is 1. The Labute approximate surface area is 203 Å². The van der Waals surface area contributed by atoms with Gasteiger partial charge in [-0.25, -0.2) is 0 Å². The lowest BCUT2D eigenvalue weighted by atomic mass is 9.46. The molecule has 1 saturated heterocycles. The number of rotatable bonds is 5. The van der Waals surface area contributed by atoms with Gasteiger partial charge in [-0.3, -0.25) is 14.4 Å². The second-order valence-corrected chi connectivity index (χ2v) is 10.1. The third-order valence-electron chi connectivity index (χ3n) is 7.41. The van der Waals surface area contributed by atoms with E-state index in [2.05, 4.69) is 5.32 Å². The van der Waals surface area contributed by atoms with Crippen molar-refractivity contribution < 1.29 is 23.9 Å². The highest BCUT2D eigenvalue weighted by atomic mass is 35.5. The number of piperidine rings is 1. The maximum Gasteiger partial charge on any atom is 0.315 e. The number of nitrogens with one attached hydrogen (secondary N) is 1. The Morgan fingerprint density at radius 3 is 2.62 bits per heavy atom. The number of halogens is 1. The van der Waals surface area contributed by atoms with Crippen molar-refractivity contribution in [3.8, 4) is 11.5 Å². The van der Waals surface area contributed by atoms with E-state index in [0.717, 1.165) is 5.56 Å². The van der Waals surface area contributed by atoms with Gasteiger partial charge in [0, 0.05) is 41.1 Å². The summed E-state index contributed by atoms with van der Waals surface area (Å²) in [5.41, 5.74) is 0.969. The van der Waals surface area contributed by atoms with Crippen LogP contribution >= 0.6 is 11.6 Å². The van der Waals surface area contributed by atoms with Gasteiger partial charge in [0.25, 0.3) is 0 Å². The zero-order valence-corrected chi connectivity index (χ0v) is 20.1. The highest BCUT2D eigenvalue weighted by molar-refractivity contribution is 6.30. The Morgan fingerprint density at radius 1 is 1.21 bits per heavy atom. The molecule has 2 fully saturated rings. The molecule has 1 N–H and O–H groups in total. The van der Waals surface area contributed by atoms with Gasteiger partial charge in [0.1, 0.15) is 17.5 Å². The molecule has 34 heavy (non-hydrogen) atoms. The molecule has 8 heteroatoms. The number of carbonyl (C=O) groups is 3. The SMILES string of the molecule is COc1ccc2c(c1)OC(=O)[C@H]1C[C@@H]3CN([C@@H](C(=O)NC(C)C)c4ccc(Cl)cc4)C(=O)C[C@@]231. The predicted molar refractivity (Wildman–Crippen MR) is 126 cm³/mol. The third-order valence-corrected chi connectivity index (χ3v) is 7.67. The van der Waals surface area contributed by atoms with Crippen LogP contribution in [0.2, 0.25) is 5.02 Å². The average molecular weight is 483 g/mol. The van der Waals surface area contributed by atoms with Crippen molar-refractivity contribution in [3.05, 3.63) is 58.6 Å². The summed E-state index contributed by atoms with van der Waals surface area (Å²) in [5, 5.41) is 3.51. The van der Waals surface area contributed by atoms with E-state index in [0.29, 0.717) is 35.1 Å². The topological polar surface area (TPSA) is 84.9 Å². The number of fused-ring (bicyclic) bond motifs is 1. The van der Waals surface area contributed by atoms with Crippen molar-refractivity contribution in [2.75, 3.05) is 13.7 Å². The molecule has 0 bridgehead atoms. The quantitative estimate of drug-likeness (QED) is 0.519. The minimum Gasteiger partial charge on any atom is -0.497 e. The van der Waals surface area contributed by atoms with Crippen molar-refractivity contribution in [1.29, 1.82) is 0 Å². The number of carbonyl (C=O) groups excluding carboxylic acids is 3. The first-order chi connectivity index (χ1) is 16.2. The Kier molecular flexibility index (Phi) is 5.55. The lowest BCUT2D eigenvalue weighted by molar-refractivity contribution is -0.170. The average Bonchev–Trinajstić information content (AvgIpc) is 2.77. The van der Waals surface area contributed by atoms with Crippen LogP contribution in [-0.4, -0.2) is 42.4 Å². The van der Waals surface area contributed by atoms with Gasteiger partial charge in [0.15, 0.2) is 0 Å². The van der Waals surface area contributed by atoms with Crippen LogP contribution in [0.15, 0.2) is 42.5 Å². The largest absolute Gasteiger partial charge is 0.497 e. The monoisotopic (exact) mass is 482 g/mol. The minimum absolute atomic E-state index is 0.0387. The van der Waals surface area contributed by atoms with Crippen LogP contribution < -0.4 is 14.8 Å². The van der Waals surface area contributed by atoms with Gasteiger partial charge < -0.3 is 19.7 Å². The Morgan fingerprint density at radius 2 is 1.94 bits per heavy atom. The van der Waals surface area contributed by atoms with Gasteiger partial charge in [-0.2, -0.15) is 0 Å². The van der Waals surface area contributed by atoms with Gasteiger partial charge in [0.05, 0.1) is 13.0 Å². The van der Waals surface area contributed by atoms with E-state index in [1.807, 2.05) is 26.0 Å². The molecule has 0 radical (unpaired) electrons.